The van der Waals surface area contributed by atoms with Crippen molar-refractivity contribution in [3.05, 3.63) is 40.9 Å². The Balaban J connectivity index is 1.91. The van der Waals surface area contributed by atoms with Crippen molar-refractivity contribution >= 4 is 33.2 Å². The van der Waals surface area contributed by atoms with Crippen LogP contribution in [0.2, 0.25) is 5.02 Å². The highest BCUT2D eigenvalue weighted by Crippen LogP contribution is 2.40. The number of benzene rings is 2. The Bertz CT molecular complexity index is 1020. The Morgan fingerprint density at radius 1 is 1.21 bits per heavy atom. The van der Waals surface area contributed by atoms with Gasteiger partial charge in [-0.1, -0.05) is 25.4 Å². The molecule has 0 radical (unpaired) electrons. The number of phenols is 1. The first-order valence-corrected chi connectivity index (χ1v) is 10.3. The second-order valence-electron chi connectivity index (χ2n) is 5.91. The number of nitrogens with zero attached hydrogens (tertiary/aromatic N) is 1. The highest BCUT2D eigenvalue weighted by molar-refractivity contribution is 7.89. The van der Waals surface area contributed by atoms with Crippen LogP contribution < -0.4 is 14.8 Å². The van der Waals surface area contributed by atoms with Crippen LogP contribution in [-0.4, -0.2) is 43.6 Å². The quantitative estimate of drug-likeness (QED) is 0.688. The minimum atomic E-state index is -3.74. The normalized spacial score (nSPS) is 13.0. The molecule has 2 aromatic carbocycles. The molecule has 3 rings (SSSR count). The molecule has 0 aromatic heterocycles. The van der Waals surface area contributed by atoms with Crippen molar-refractivity contribution in [2.45, 2.75) is 18.7 Å². The van der Waals surface area contributed by atoms with Crippen molar-refractivity contribution in [1.29, 1.82) is 0 Å². The van der Waals surface area contributed by atoms with Gasteiger partial charge < -0.3 is 19.9 Å². The van der Waals surface area contributed by atoms with Crippen LogP contribution in [0, 0.1) is 0 Å². The number of carbonyl (C=O) groups is 1. The average Bonchev–Trinajstić information content (AvgIpc) is 3.13. The summed E-state index contributed by atoms with van der Waals surface area (Å²) in [5.41, 5.74) is 0.137. The molecule has 10 heteroatoms. The van der Waals surface area contributed by atoms with E-state index in [1.807, 2.05) is 0 Å². The van der Waals surface area contributed by atoms with Gasteiger partial charge in [-0.15, -0.1) is 0 Å². The Morgan fingerprint density at radius 2 is 1.93 bits per heavy atom. The third-order valence-electron chi connectivity index (χ3n) is 4.25. The molecule has 2 N–H and O–H groups in total. The highest BCUT2D eigenvalue weighted by Gasteiger charge is 2.24. The zero-order valence-corrected chi connectivity index (χ0v) is 16.8. The summed E-state index contributed by atoms with van der Waals surface area (Å²) in [7, 11) is -3.74. The van der Waals surface area contributed by atoms with Gasteiger partial charge in [-0.25, -0.2) is 8.42 Å². The van der Waals surface area contributed by atoms with Gasteiger partial charge in [0, 0.05) is 18.7 Å². The largest absolute Gasteiger partial charge is 0.506 e. The van der Waals surface area contributed by atoms with E-state index in [-0.39, 0.29) is 33.7 Å². The van der Waals surface area contributed by atoms with Crippen LogP contribution in [0.1, 0.15) is 24.2 Å². The van der Waals surface area contributed by atoms with Crippen molar-refractivity contribution < 1.29 is 27.8 Å². The maximum absolute atomic E-state index is 12.7. The number of hydrogen-bond acceptors (Lipinski definition) is 6. The van der Waals surface area contributed by atoms with Gasteiger partial charge in [0.1, 0.15) is 5.75 Å². The molecule has 0 aliphatic carbocycles. The molecule has 8 nitrogen and oxygen atoms in total. The summed E-state index contributed by atoms with van der Waals surface area (Å²) in [5.74, 6) is -0.167. The molecule has 28 heavy (non-hydrogen) atoms. The minimum Gasteiger partial charge on any atom is -0.506 e. The fourth-order valence-corrected chi connectivity index (χ4v) is 4.53. The molecular weight excluding hydrogens is 408 g/mol. The summed E-state index contributed by atoms with van der Waals surface area (Å²) in [4.78, 5) is 12.6. The topological polar surface area (TPSA) is 105 Å². The lowest BCUT2D eigenvalue weighted by molar-refractivity contribution is 0.102. The van der Waals surface area contributed by atoms with Crippen molar-refractivity contribution in [1.82, 2.24) is 4.31 Å². The van der Waals surface area contributed by atoms with Gasteiger partial charge in [0.15, 0.2) is 11.5 Å². The Hall–Kier alpha value is -2.49. The number of hydrogen-bond donors (Lipinski definition) is 2. The SMILES string of the molecule is CCN(CC)S(=O)(=O)c1ccc(O)c(NC(=O)c2cc(Cl)c3c(c2)OCO3)c1. The lowest BCUT2D eigenvalue weighted by Crippen LogP contribution is -2.30. The number of halogens is 1. The molecular formula is C18H19ClN2O6S. The number of ether oxygens (including phenoxy) is 2. The molecule has 1 amide bonds. The van der Waals surface area contributed by atoms with E-state index in [9.17, 15) is 18.3 Å². The van der Waals surface area contributed by atoms with Crippen LogP contribution in [0.3, 0.4) is 0 Å². The van der Waals surface area contributed by atoms with E-state index in [4.69, 9.17) is 21.1 Å². The number of aromatic hydroxyl groups is 1. The van der Waals surface area contributed by atoms with E-state index in [1.165, 1.54) is 34.6 Å². The van der Waals surface area contributed by atoms with Crippen molar-refractivity contribution in [3.8, 4) is 17.2 Å². The molecule has 0 spiro atoms. The number of sulfonamides is 1. The lowest BCUT2D eigenvalue weighted by Gasteiger charge is -2.19. The van der Waals surface area contributed by atoms with Crippen LogP contribution in [-0.2, 0) is 10.0 Å². The lowest BCUT2D eigenvalue weighted by atomic mass is 10.1. The average molecular weight is 427 g/mol. The molecule has 1 aliphatic heterocycles. The monoisotopic (exact) mass is 426 g/mol. The van der Waals surface area contributed by atoms with Gasteiger partial charge in [0.05, 0.1) is 15.6 Å². The molecule has 2 aromatic rings. The summed E-state index contributed by atoms with van der Waals surface area (Å²) < 4.78 is 37.1. The van der Waals surface area contributed by atoms with Gasteiger partial charge in [-0.3, -0.25) is 4.79 Å². The van der Waals surface area contributed by atoms with Crippen molar-refractivity contribution in [3.63, 3.8) is 0 Å². The standard InChI is InChI=1S/C18H19ClN2O6S/c1-3-21(4-2)28(24,25)12-5-6-15(22)14(9-12)20-18(23)11-7-13(19)17-16(8-11)26-10-27-17/h5-9,22H,3-4,10H2,1-2H3,(H,20,23). The van der Waals surface area contributed by atoms with Crippen molar-refractivity contribution in [2.75, 3.05) is 25.2 Å². The summed E-state index contributed by atoms with van der Waals surface area (Å²) >= 11 is 6.09. The fourth-order valence-electron chi connectivity index (χ4n) is 2.78. The number of amides is 1. The predicted molar refractivity (Wildman–Crippen MR) is 104 cm³/mol. The maximum Gasteiger partial charge on any atom is 0.255 e. The Kier molecular flexibility index (Phi) is 5.69. The summed E-state index contributed by atoms with van der Waals surface area (Å²) in [6.07, 6.45) is 0. The zero-order valence-electron chi connectivity index (χ0n) is 15.2. The molecule has 1 aliphatic rings. The van der Waals surface area contributed by atoms with Crippen LogP contribution >= 0.6 is 11.6 Å². The van der Waals surface area contributed by atoms with Crippen LogP contribution in [0.25, 0.3) is 0 Å². The number of nitrogens with one attached hydrogen (secondary N) is 1. The highest BCUT2D eigenvalue weighted by atomic mass is 35.5. The molecule has 0 saturated heterocycles. The van der Waals surface area contributed by atoms with E-state index in [2.05, 4.69) is 5.32 Å². The first kappa shape index (κ1) is 20.2. The first-order chi connectivity index (χ1) is 13.3. The summed E-state index contributed by atoms with van der Waals surface area (Å²) in [6, 6.07) is 6.58. The molecule has 1 heterocycles. The molecule has 0 bridgehead atoms. The van der Waals surface area contributed by atoms with Crippen LogP contribution in [0.4, 0.5) is 5.69 Å². The van der Waals surface area contributed by atoms with Gasteiger partial charge in [0.2, 0.25) is 16.8 Å². The third kappa shape index (κ3) is 3.73. The summed E-state index contributed by atoms with van der Waals surface area (Å²) in [5, 5.41) is 12.8. The van der Waals surface area contributed by atoms with E-state index in [0.29, 0.717) is 24.6 Å². The fraction of sp³-hybridized carbons (Fsp3) is 0.278. The van der Waals surface area contributed by atoms with Gasteiger partial charge in [-0.2, -0.15) is 4.31 Å². The van der Waals surface area contributed by atoms with Crippen molar-refractivity contribution in [2.24, 2.45) is 0 Å². The Morgan fingerprint density at radius 3 is 2.61 bits per heavy atom. The molecule has 0 atom stereocenters. The third-order valence-corrected chi connectivity index (χ3v) is 6.58. The number of phenolic OH excluding ortho intramolecular Hbond substituents is 1. The number of rotatable bonds is 6. The van der Waals surface area contributed by atoms with Gasteiger partial charge >= 0.3 is 0 Å². The predicted octanol–water partition coefficient (Wildman–Crippen LogP) is 3.06. The first-order valence-electron chi connectivity index (χ1n) is 8.51. The van der Waals surface area contributed by atoms with E-state index < -0.39 is 15.9 Å². The van der Waals surface area contributed by atoms with Gasteiger partial charge in [-0.05, 0) is 30.3 Å². The van der Waals surface area contributed by atoms with Crippen LogP contribution in [0.5, 0.6) is 17.2 Å². The van der Waals surface area contributed by atoms with E-state index in [1.54, 1.807) is 13.8 Å². The second-order valence-corrected chi connectivity index (χ2v) is 8.26. The number of anilines is 1. The molecule has 0 saturated carbocycles. The molecule has 0 unspecified atom stereocenters. The molecule has 0 fully saturated rings. The van der Waals surface area contributed by atoms with E-state index in [0.717, 1.165) is 0 Å². The van der Waals surface area contributed by atoms with Gasteiger partial charge in [0.25, 0.3) is 5.91 Å². The smallest absolute Gasteiger partial charge is 0.255 e. The summed E-state index contributed by atoms with van der Waals surface area (Å²) in [6.45, 7) is 4.07. The minimum absolute atomic E-state index is 0.00613. The maximum atomic E-state index is 12.7. The Labute approximate surface area is 167 Å². The zero-order chi connectivity index (χ0) is 20.5. The second kappa shape index (κ2) is 7.86. The number of carbonyl (C=O) groups excluding carboxylic acids is 1. The molecule has 150 valence electrons. The van der Waals surface area contributed by atoms with E-state index >= 15 is 0 Å². The van der Waals surface area contributed by atoms with Crippen LogP contribution in [0.15, 0.2) is 35.2 Å². The number of fused-ring (bicyclic) bond motifs is 1.